The Hall–Kier alpha value is -4.20. The van der Waals surface area contributed by atoms with Crippen LogP contribution in [0.1, 0.15) is 75.6 Å². The van der Waals surface area contributed by atoms with E-state index in [2.05, 4.69) is 54.2 Å². The van der Waals surface area contributed by atoms with Crippen molar-refractivity contribution in [1.29, 1.82) is 5.26 Å². The van der Waals surface area contributed by atoms with E-state index in [-0.39, 0.29) is 0 Å². The van der Waals surface area contributed by atoms with Crippen LogP contribution in [0.3, 0.4) is 0 Å². The number of amides is 1. The van der Waals surface area contributed by atoms with Crippen molar-refractivity contribution >= 4 is 23.4 Å². The van der Waals surface area contributed by atoms with Gasteiger partial charge in [-0.05, 0) is 107 Å². The van der Waals surface area contributed by atoms with Gasteiger partial charge < -0.3 is 24.4 Å². The second-order valence-corrected chi connectivity index (χ2v) is 13.9. The van der Waals surface area contributed by atoms with Gasteiger partial charge in [-0.1, -0.05) is 13.8 Å². The van der Waals surface area contributed by atoms with Gasteiger partial charge in [0.05, 0.1) is 36.3 Å². The molecule has 1 aromatic heterocycles. The normalized spacial score (nSPS) is 16.5. The average Bonchev–Trinajstić information content (AvgIpc) is 3.30. The average molecular weight is 627 g/mol. The van der Waals surface area contributed by atoms with Crippen LogP contribution in [0.2, 0.25) is 0 Å². The highest BCUT2D eigenvalue weighted by atomic mass is 16.6. The number of aromatic nitrogens is 2. The number of nitrogens with zero attached hydrogens (tertiary/aromatic N) is 5. The van der Waals surface area contributed by atoms with Gasteiger partial charge in [0.15, 0.2) is 0 Å². The fourth-order valence-electron chi connectivity index (χ4n) is 6.50. The molecule has 3 heterocycles. The predicted octanol–water partition coefficient (Wildman–Crippen LogP) is 6.93. The number of methoxy groups -OCH3 is 2. The van der Waals surface area contributed by atoms with Crippen LogP contribution in [0.25, 0.3) is 11.3 Å². The van der Waals surface area contributed by atoms with Crippen LogP contribution >= 0.6 is 0 Å². The van der Waals surface area contributed by atoms with E-state index in [1.165, 1.54) is 11.1 Å². The maximum Gasteiger partial charge on any atom is 0.414 e. The third-order valence-corrected chi connectivity index (χ3v) is 8.82. The molecule has 1 amide bonds. The maximum absolute atomic E-state index is 13.1. The first-order valence-electron chi connectivity index (χ1n) is 15.9. The van der Waals surface area contributed by atoms with Crippen molar-refractivity contribution < 1.29 is 19.0 Å². The van der Waals surface area contributed by atoms with Gasteiger partial charge in [-0.25, -0.2) is 14.8 Å². The van der Waals surface area contributed by atoms with Crippen molar-refractivity contribution in [2.75, 3.05) is 57.2 Å². The van der Waals surface area contributed by atoms with Gasteiger partial charge in [-0.3, -0.25) is 4.90 Å². The summed E-state index contributed by atoms with van der Waals surface area (Å²) in [6.07, 6.45) is 3.44. The second kappa shape index (κ2) is 13.3. The first-order chi connectivity index (χ1) is 21.8. The minimum atomic E-state index is -0.648. The third-order valence-electron chi connectivity index (χ3n) is 8.82. The molecule has 1 saturated heterocycles. The number of benzene rings is 2. The Labute approximate surface area is 272 Å². The summed E-state index contributed by atoms with van der Waals surface area (Å²) in [5.41, 5.74) is 5.59. The number of fused-ring (bicyclic) bond motifs is 1. The number of nitriles is 1. The number of carbonyl (C=O) groups is 1. The molecule has 1 fully saturated rings. The van der Waals surface area contributed by atoms with Gasteiger partial charge in [-0.2, -0.15) is 5.26 Å². The number of aryl methyl sites for hydroxylation is 1. The van der Waals surface area contributed by atoms with Crippen LogP contribution in [0, 0.1) is 18.3 Å². The molecule has 2 aliphatic heterocycles. The SMILES string of the molecule is COCCN1CCC(c2cc(OC)c(Nc3nccc(-c4cc(C#N)c5c(c4)C(C)(C)CN5C(=O)OC(C)(C)C)n3)cc2C)CC1. The van der Waals surface area contributed by atoms with Gasteiger partial charge >= 0.3 is 6.09 Å². The third kappa shape index (κ3) is 7.11. The lowest BCUT2D eigenvalue weighted by atomic mass is 9.85. The Morgan fingerprint density at radius 3 is 2.54 bits per heavy atom. The first-order valence-corrected chi connectivity index (χ1v) is 15.9. The van der Waals surface area contributed by atoms with Gasteiger partial charge in [0.2, 0.25) is 5.95 Å². The largest absolute Gasteiger partial charge is 0.495 e. The van der Waals surface area contributed by atoms with E-state index in [1.807, 2.05) is 32.9 Å². The quantitative estimate of drug-likeness (QED) is 0.284. The van der Waals surface area contributed by atoms with Crippen LogP contribution in [-0.2, 0) is 14.9 Å². The fourth-order valence-corrected chi connectivity index (χ4v) is 6.50. The summed E-state index contributed by atoms with van der Waals surface area (Å²) in [6, 6.07) is 12.2. The standard InChI is InChI=1S/C36H46N6O4/c1-23-17-30(31(45-8)20-27(23)24-10-13-41(14-11-24)15-16-44-7)40-33-38-12-9-29(39-33)25-18-26(21-37)32-28(19-25)36(5,6)22-42(32)34(43)46-35(2,3)4/h9,12,17-20,24H,10-11,13-16,22H2,1-8H3,(H,38,39,40). The van der Waals surface area contributed by atoms with Crippen molar-refractivity contribution in [3.8, 4) is 23.1 Å². The number of rotatable bonds is 8. The number of ether oxygens (including phenoxy) is 3. The first kappa shape index (κ1) is 33.2. The number of hydrogen-bond donors (Lipinski definition) is 1. The Kier molecular flexibility index (Phi) is 9.57. The van der Waals surface area contributed by atoms with E-state index in [4.69, 9.17) is 19.2 Å². The molecule has 5 rings (SSSR count). The lowest BCUT2D eigenvalue weighted by Crippen LogP contribution is -2.38. The highest BCUT2D eigenvalue weighted by molar-refractivity contribution is 5.94. The smallest absolute Gasteiger partial charge is 0.414 e. The van der Waals surface area contributed by atoms with E-state index < -0.39 is 17.1 Å². The zero-order valence-electron chi connectivity index (χ0n) is 28.4. The Morgan fingerprint density at radius 2 is 1.89 bits per heavy atom. The Bertz CT molecular complexity index is 1630. The Balaban J connectivity index is 1.40. The van der Waals surface area contributed by atoms with Gasteiger partial charge in [0, 0.05) is 37.4 Å². The lowest BCUT2D eigenvalue weighted by molar-refractivity contribution is 0.0579. The molecule has 0 unspecified atom stereocenters. The molecule has 0 aliphatic carbocycles. The number of nitrogens with one attached hydrogen (secondary N) is 1. The van der Waals surface area contributed by atoms with Crippen LogP contribution in [0.4, 0.5) is 22.1 Å². The molecule has 244 valence electrons. The van der Waals surface area contributed by atoms with Crippen molar-refractivity contribution in [2.24, 2.45) is 0 Å². The molecule has 3 aromatic rings. The number of hydrogen-bond acceptors (Lipinski definition) is 9. The molecule has 0 atom stereocenters. The highest BCUT2D eigenvalue weighted by Crippen LogP contribution is 2.45. The van der Waals surface area contributed by atoms with Crippen molar-refractivity contribution in [3.05, 3.63) is 58.8 Å². The van der Waals surface area contributed by atoms with Gasteiger partial charge in [-0.15, -0.1) is 0 Å². The lowest BCUT2D eigenvalue weighted by Gasteiger charge is -2.33. The van der Waals surface area contributed by atoms with Gasteiger partial charge in [0.25, 0.3) is 0 Å². The number of carbonyl (C=O) groups excluding carboxylic acids is 1. The summed E-state index contributed by atoms with van der Waals surface area (Å²) < 4.78 is 16.8. The summed E-state index contributed by atoms with van der Waals surface area (Å²) in [5, 5.41) is 13.5. The van der Waals surface area contributed by atoms with Crippen molar-refractivity contribution in [1.82, 2.24) is 14.9 Å². The summed E-state index contributed by atoms with van der Waals surface area (Å²) in [6.45, 7) is 16.0. The summed E-state index contributed by atoms with van der Waals surface area (Å²) in [5.74, 6) is 1.64. The van der Waals surface area contributed by atoms with E-state index in [1.54, 1.807) is 31.4 Å². The molecule has 0 saturated carbocycles. The molecule has 10 nitrogen and oxygen atoms in total. The van der Waals surface area contributed by atoms with E-state index in [0.717, 1.165) is 61.6 Å². The van der Waals surface area contributed by atoms with E-state index in [0.29, 0.717) is 35.4 Å². The second-order valence-electron chi connectivity index (χ2n) is 13.9. The number of likely N-dealkylation sites (tertiary alicyclic amines) is 1. The molecule has 10 heteroatoms. The molecule has 0 radical (unpaired) electrons. The van der Waals surface area contributed by atoms with Crippen LogP contribution in [0.5, 0.6) is 5.75 Å². The number of anilines is 3. The van der Waals surface area contributed by atoms with Crippen LogP contribution in [-0.4, -0.2) is 73.6 Å². The van der Waals surface area contributed by atoms with E-state index >= 15 is 0 Å². The molecule has 46 heavy (non-hydrogen) atoms. The summed E-state index contributed by atoms with van der Waals surface area (Å²) in [4.78, 5) is 26.5. The van der Waals surface area contributed by atoms with E-state index in [9.17, 15) is 10.1 Å². The molecular weight excluding hydrogens is 580 g/mol. The molecule has 0 spiro atoms. The molecule has 1 N–H and O–H groups in total. The van der Waals surface area contributed by atoms with Crippen LogP contribution in [0.15, 0.2) is 36.5 Å². The summed E-state index contributed by atoms with van der Waals surface area (Å²) >= 11 is 0. The number of piperidine rings is 1. The monoisotopic (exact) mass is 626 g/mol. The summed E-state index contributed by atoms with van der Waals surface area (Å²) in [7, 11) is 3.43. The van der Waals surface area contributed by atoms with Crippen LogP contribution < -0.4 is 15.0 Å². The van der Waals surface area contributed by atoms with Gasteiger partial charge in [0.1, 0.15) is 17.4 Å². The fraction of sp³-hybridized carbons (Fsp3) is 0.500. The minimum Gasteiger partial charge on any atom is -0.495 e. The Morgan fingerprint density at radius 1 is 1.15 bits per heavy atom. The van der Waals surface area contributed by atoms with Crippen molar-refractivity contribution in [2.45, 2.75) is 71.3 Å². The molecular formula is C36H46N6O4. The molecule has 2 aliphatic rings. The highest BCUT2D eigenvalue weighted by Gasteiger charge is 2.42. The molecule has 2 aromatic carbocycles. The minimum absolute atomic E-state index is 0.394. The molecule has 0 bridgehead atoms. The predicted molar refractivity (Wildman–Crippen MR) is 180 cm³/mol. The maximum atomic E-state index is 13.1. The topological polar surface area (TPSA) is 113 Å². The zero-order valence-corrected chi connectivity index (χ0v) is 28.4. The zero-order chi connectivity index (χ0) is 33.2. The van der Waals surface area contributed by atoms with Crippen molar-refractivity contribution in [3.63, 3.8) is 0 Å².